The van der Waals surface area contributed by atoms with Crippen LogP contribution < -0.4 is 10.5 Å². The van der Waals surface area contributed by atoms with Crippen LogP contribution in [0.15, 0.2) is 37.9 Å². The number of halogens is 2. The van der Waals surface area contributed by atoms with Crippen molar-refractivity contribution in [2.75, 3.05) is 0 Å². The van der Waals surface area contributed by atoms with Crippen molar-refractivity contribution in [3.8, 4) is 16.9 Å². The van der Waals surface area contributed by atoms with E-state index in [0.29, 0.717) is 27.9 Å². The van der Waals surface area contributed by atoms with Crippen molar-refractivity contribution in [3.63, 3.8) is 0 Å². The van der Waals surface area contributed by atoms with Crippen LogP contribution in [-0.2, 0) is 13.7 Å². The molecule has 0 N–H and O–H groups in total. The van der Waals surface area contributed by atoms with Gasteiger partial charge in [0.25, 0.3) is 0 Å². The first kappa shape index (κ1) is 12.6. The first-order chi connectivity index (χ1) is 10.0. The summed E-state index contributed by atoms with van der Waals surface area (Å²) in [7, 11) is 1.63. The number of hydrogen-bond donors (Lipinski definition) is 0. The average molecular weight is 350 g/mol. The second-order valence-electron chi connectivity index (χ2n) is 4.96. The van der Waals surface area contributed by atoms with E-state index in [9.17, 15) is 9.18 Å². The molecule has 1 aromatic heterocycles. The molecule has 0 saturated carbocycles. The Bertz CT molecular complexity index is 958. The Hall–Kier alpha value is -2.08. The number of nitrogens with zero attached hydrogens (tertiary/aromatic N) is 1. The van der Waals surface area contributed by atoms with Gasteiger partial charge in [0.1, 0.15) is 18.2 Å². The Morgan fingerprint density at radius 1 is 1.24 bits per heavy atom. The monoisotopic (exact) mass is 349 g/mol. The van der Waals surface area contributed by atoms with Crippen LogP contribution in [0.2, 0.25) is 0 Å². The third-order valence-corrected chi connectivity index (χ3v) is 4.32. The van der Waals surface area contributed by atoms with Gasteiger partial charge in [0, 0.05) is 18.7 Å². The Balaban J connectivity index is 2.07. The molecule has 4 rings (SSSR count). The van der Waals surface area contributed by atoms with Crippen molar-refractivity contribution in [2.45, 2.75) is 6.61 Å². The van der Waals surface area contributed by atoms with Crippen LogP contribution in [0.1, 0.15) is 5.56 Å². The second kappa shape index (κ2) is 4.21. The summed E-state index contributed by atoms with van der Waals surface area (Å²) in [5.41, 5.74) is 3.53. The minimum Gasteiger partial charge on any atom is -0.488 e. The second-order valence-corrected chi connectivity index (χ2v) is 5.81. The molecule has 0 bridgehead atoms. The third kappa shape index (κ3) is 1.75. The van der Waals surface area contributed by atoms with Crippen molar-refractivity contribution < 1.29 is 13.5 Å². The number of benzene rings is 2. The van der Waals surface area contributed by atoms with Crippen molar-refractivity contribution >= 4 is 27.0 Å². The van der Waals surface area contributed by atoms with E-state index in [-0.39, 0.29) is 5.82 Å². The Morgan fingerprint density at radius 2 is 2.05 bits per heavy atom. The van der Waals surface area contributed by atoms with Gasteiger partial charge in [0.05, 0.1) is 9.99 Å². The zero-order valence-electron chi connectivity index (χ0n) is 10.9. The quantitative estimate of drug-likeness (QED) is 0.622. The molecule has 0 spiro atoms. The predicted octanol–water partition coefficient (Wildman–Crippen LogP) is 3.59. The van der Waals surface area contributed by atoms with E-state index in [0.717, 1.165) is 16.7 Å². The van der Waals surface area contributed by atoms with E-state index in [1.807, 2.05) is 0 Å². The van der Waals surface area contributed by atoms with E-state index in [2.05, 4.69) is 15.9 Å². The number of oxazole rings is 1. The van der Waals surface area contributed by atoms with Gasteiger partial charge in [-0.1, -0.05) is 0 Å². The fourth-order valence-electron chi connectivity index (χ4n) is 2.60. The van der Waals surface area contributed by atoms with Gasteiger partial charge < -0.3 is 9.15 Å². The molecule has 3 aromatic rings. The van der Waals surface area contributed by atoms with Crippen LogP contribution in [0.3, 0.4) is 0 Å². The Kier molecular flexibility index (Phi) is 2.53. The van der Waals surface area contributed by atoms with Crippen LogP contribution in [0.4, 0.5) is 4.39 Å². The van der Waals surface area contributed by atoms with Crippen LogP contribution in [0.25, 0.3) is 22.2 Å². The number of aryl methyl sites for hydroxylation is 1. The van der Waals surface area contributed by atoms with Crippen molar-refractivity contribution in [2.24, 2.45) is 7.05 Å². The topological polar surface area (TPSA) is 44.4 Å². The lowest BCUT2D eigenvalue weighted by Crippen LogP contribution is -2.09. The molecule has 2 heterocycles. The maximum absolute atomic E-state index is 13.8. The summed E-state index contributed by atoms with van der Waals surface area (Å²) < 4.78 is 26.5. The van der Waals surface area contributed by atoms with Crippen molar-refractivity contribution in [3.05, 3.63) is 50.7 Å². The highest BCUT2D eigenvalue weighted by atomic mass is 79.9. The number of rotatable bonds is 0. The van der Waals surface area contributed by atoms with Gasteiger partial charge >= 0.3 is 5.76 Å². The smallest absolute Gasteiger partial charge is 0.419 e. The molecule has 1 aliphatic rings. The lowest BCUT2D eigenvalue weighted by atomic mass is 9.96. The summed E-state index contributed by atoms with van der Waals surface area (Å²) in [4.78, 5) is 11.6. The summed E-state index contributed by atoms with van der Waals surface area (Å²) in [6.45, 7) is 0.351. The predicted molar refractivity (Wildman–Crippen MR) is 78.9 cm³/mol. The van der Waals surface area contributed by atoms with Gasteiger partial charge in [-0.15, -0.1) is 0 Å². The fraction of sp³-hybridized carbons (Fsp3) is 0.133. The molecule has 21 heavy (non-hydrogen) atoms. The molecule has 4 nitrogen and oxygen atoms in total. The minimum atomic E-state index is -0.436. The highest BCUT2D eigenvalue weighted by Crippen LogP contribution is 2.41. The van der Waals surface area contributed by atoms with Crippen molar-refractivity contribution in [1.29, 1.82) is 0 Å². The van der Waals surface area contributed by atoms with Gasteiger partial charge in [0.2, 0.25) is 0 Å². The Labute approximate surface area is 126 Å². The molecular weight excluding hydrogens is 341 g/mol. The fourth-order valence-corrected chi connectivity index (χ4v) is 2.99. The first-order valence-electron chi connectivity index (χ1n) is 6.29. The van der Waals surface area contributed by atoms with E-state index in [4.69, 9.17) is 9.15 Å². The van der Waals surface area contributed by atoms with Crippen LogP contribution in [-0.4, -0.2) is 4.57 Å². The van der Waals surface area contributed by atoms with E-state index in [1.165, 1.54) is 10.6 Å². The molecule has 0 saturated heterocycles. The van der Waals surface area contributed by atoms with E-state index in [1.54, 1.807) is 25.2 Å². The molecule has 0 aliphatic carbocycles. The normalized spacial score (nSPS) is 12.9. The molecule has 0 fully saturated rings. The molecule has 6 heteroatoms. The molecule has 0 unspecified atom stereocenters. The van der Waals surface area contributed by atoms with Crippen LogP contribution >= 0.6 is 15.9 Å². The van der Waals surface area contributed by atoms with Gasteiger partial charge in [-0.25, -0.2) is 9.18 Å². The largest absolute Gasteiger partial charge is 0.488 e. The molecule has 106 valence electrons. The van der Waals surface area contributed by atoms with E-state index < -0.39 is 5.76 Å². The van der Waals surface area contributed by atoms with Gasteiger partial charge in [0.15, 0.2) is 5.58 Å². The minimum absolute atomic E-state index is 0.331. The highest BCUT2D eigenvalue weighted by Gasteiger charge is 2.22. The first-order valence-corrected chi connectivity index (χ1v) is 7.08. The van der Waals surface area contributed by atoms with Crippen LogP contribution in [0, 0.1) is 5.82 Å². The number of aromatic nitrogens is 1. The molecule has 0 atom stereocenters. The third-order valence-electron chi connectivity index (χ3n) is 3.71. The van der Waals surface area contributed by atoms with Gasteiger partial charge in [-0.05, 0) is 45.3 Å². The maximum Gasteiger partial charge on any atom is 0.419 e. The molecular formula is C15H9BrFNO3. The highest BCUT2D eigenvalue weighted by molar-refractivity contribution is 9.10. The lowest BCUT2D eigenvalue weighted by Gasteiger charge is -2.21. The Morgan fingerprint density at radius 3 is 2.86 bits per heavy atom. The number of hydrogen-bond acceptors (Lipinski definition) is 3. The molecule has 0 radical (unpaired) electrons. The molecule has 2 aromatic carbocycles. The SMILES string of the molecule is Cn1c(=O)oc2cc3c(cc21)-c1cc(F)c(Br)cc1CO3. The van der Waals surface area contributed by atoms with Crippen LogP contribution in [0.5, 0.6) is 5.75 Å². The molecule has 1 aliphatic heterocycles. The lowest BCUT2D eigenvalue weighted by molar-refractivity contribution is 0.302. The summed E-state index contributed by atoms with van der Waals surface area (Å²) >= 11 is 3.18. The maximum atomic E-state index is 13.8. The van der Waals surface area contributed by atoms with Gasteiger partial charge in [-0.3, -0.25) is 4.57 Å². The zero-order valence-corrected chi connectivity index (χ0v) is 12.5. The van der Waals surface area contributed by atoms with Gasteiger partial charge in [-0.2, -0.15) is 0 Å². The number of ether oxygens (including phenoxy) is 1. The average Bonchev–Trinajstić information content (AvgIpc) is 2.73. The summed E-state index contributed by atoms with van der Waals surface area (Å²) in [5, 5.41) is 0. The molecule has 0 amide bonds. The van der Waals surface area contributed by atoms with E-state index >= 15 is 0 Å². The van der Waals surface area contributed by atoms with Crippen molar-refractivity contribution in [1.82, 2.24) is 4.57 Å². The summed E-state index contributed by atoms with van der Waals surface area (Å²) in [5.74, 6) is -0.177. The summed E-state index contributed by atoms with van der Waals surface area (Å²) in [6.07, 6.45) is 0. The standard InChI is InChI=1S/C15H9BrFNO3/c1-18-12-4-9-8-3-11(17)10(16)2-7(8)6-20-13(9)5-14(12)21-15(18)19/h2-5H,6H2,1H3. The number of fused-ring (bicyclic) bond motifs is 4. The summed E-state index contributed by atoms with van der Waals surface area (Å²) in [6, 6.07) is 6.66. The zero-order chi connectivity index (χ0) is 14.7.